The second-order valence-electron chi connectivity index (χ2n) is 15.6. The number of aromatic nitrogens is 1. The van der Waals surface area contributed by atoms with Crippen LogP contribution in [0.3, 0.4) is 0 Å². The molecule has 266 valence electrons. The highest BCUT2D eigenvalue weighted by atomic mass is 28.4. The molecule has 8 heteroatoms. The fraction of sp³-hybridized carbons (Fsp3) is 0.326. The minimum atomic E-state index is -2.93. The zero-order valence-electron chi connectivity index (χ0n) is 30.9. The maximum atomic E-state index is 11.9. The van der Waals surface area contributed by atoms with Crippen LogP contribution >= 0.6 is 0 Å². The largest absolute Gasteiger partial charge is 0.416 e. The summed E-state index contributed by atoms with van der Waals surface area (Å²) in [5.74, 6) is 0.0740. The van der Waals surface area contributed by atoms with Gasteiger partial charge in [-0.3, -0.25) is 4.98 Å². The first-order valence-corrected chi connectivity index (χ1v) is 21.7. The van der Waals surface area contributed by atoms with Gasteiger partial charge in [-0.1, -0.05) is 169 Å². The number of hydrogen-bond acceptors (Lipinski definition) is 5. The van der Waals surface area contributed by atoms with E-state index in [1.807, 2.05) is 12.2 Å². The third-order valence-corrected chi connectivity index (χ3v) is 20.3. The van der Waals surface area contributed by atoms with Gasteiger partial charge in [0.2, 0.25) is 0 Å². The molecular formula is C43H51NO5Si2. The van der Waals surface area contributed by atoms with Gasteiger partial charge in [-0.05, 0) is 43.8 Å². The second kappa shape index (κ2) is 14.9. The van der Waals surface area contributed by atoms with Crippen molar-refractivity contribution in [3.05, 3.63) is 149 Å². The first-order chi connectivity index (χ1) is 24.3. The quantitative estimate of drug-likeness (QED) is 0.150. The van der Waals surface area contributed by atoms with E-state index in [2.05, 4.69) is 168 Å². The predicted octanol–water partition coefficient (Wildman–Crippen LogP) is 6.97. The van der Waals surface area contributed by atoms with Crippen LogP contribution in [0.25, 0.3) is 6.08 Å². The number of nitrogens with one attached hydrogen (secondary N) is 1. The van der Waals surface area contributed by atoms with Crippen molar-refractivity contribution in [1.29, 1.82) is 0 Å². The van der Waals surface area contributed by atoms with E-state index in [9.17, 15) is 4.79 Å². The molecule has 0 spiro atoms. The topological polar surface area (TPSA) is 73.7 Å². The Labute approximate surface area is 304 Å². The summed E-state index contributed by atoms with van der Waals surface area (Å²) >= 11 is 0. The predicted molar refractivity (Wildman–Crippen MR) is 212 cm³/mol. The lowest BCUT2D eigenvalue weighted by Gasteiger charge is -2.46. The maximum absolute atomic E-state index is 11.9. The summed E-state index contributed by atoms with van der Waals surface area (Å²) in [7, 11) is -5.79. The smallest absolute Gasteiger partial charge is 0.413 e. The van der Waals surface area contributed by atoms with Gasteiger partial charge in [0.05, 0.1) is 24.5 Å². The fourth-order valence-corrected chi connectivity index (χ4v) is 17.1. The van der Waals surface area contributed by atoms with Gasteiger partial charge in [-0.2, -0.15) is 0 Å². The highest BCUT2D eigenvalue weighted by Crippen LogP contribution is 2.41. The molecule has 0 bridgehead atoms. The lowest BCUT2D eigenvalue weighted by Crippen LogP contribution is -2.69. The van der Waals surface area contributed by atoms with Crippen molar-refractivity contribution in [1.82, 2.24) is 4.98 Å². The van der Waals surface area contributed by atoms with Gasteiger partial charge in [-0.15, -0.1) is 0 Å². The Balaban J connectivity index is 1.44. The van der Waals surface area contributed by atoms with E-state index in [0.717, 1.165) is 0 Å². The molecule has 4 aromatic carbocycles. The SMILES string of the molecule is Cc1oc(=O)[nH]c1/C=C/[C@@H]1C[C@H](O[Si](c2ccccc2)(c2ccccc2)C(C)(C)C)[C@@H](CO[Si](c2ccccc2)(c2ccccc2)C(C)(C)C)O1. The zero-order valence-corrected chi connectivity index (χ0v) is 32.9. The number of H-pyrrole nitrogens is 1. The first-order valence-electron chi connectivity index (χ1n) is 17.9. The van der Waals surface area contributed by atoms with Crippen molar-refractivity contribution in [2.45, 2.75) is 83.3 Å². The van der Waals surface area contributed by atoms with Gasteiger partial charge in [0.15, 0.2) is 0 Å². The summed E-state index contributed by atoms with van der Waals surface area (Å²) in [5.41, 5.74) is 0.639. The van der Waals surface area contributed by atoms with E-state index in [0.29, 0.717) is 24.5 Å². The van der Waals surface area contributed by atoms with Crippen LogP contribution in [-0.4, -0.2) is 46.5 Å². The molecular weight excluding hydrogens is 667 g/mol. The number of rotatable bonds is 11. The molecule has 1 aromatic heterocycles. The molecule has 1 saturated heterocycles. The molecule has 3 atom stereocenters. The number of oxazole rings is 1. The van der Waals surface area contributed by atoms with Gasteiger partial charge in [-0.25, -0.2) is 4.79 Å². The highest BCUT2D eigenvalue weighted by Gasteiger charge is 2.55. The van der Waals surface area contributed by atoms with Crippen molar-refractivity contribution < 1.29 is 18.0 Å². The van der Waals surface area contributed by atoms with Crippen LogP contribution in [0, 0.1) is 6.92 Å². The number of aryl methyl sites for hydroxylation is 1. The summed E-state index contributed by atoms with van der Waals surface area (Å²) in [6.07, 6.45) is 3.64. The summed E-state index contributed by atoms with van der Waals surface area (Å²) in [4.78, 5) is 14.7. The maximum Gasteiger partial charge on any atom is 0.416 e. The van der Waals surface area contributed by atoms with E-state index < -0.39 is 22.4 Å². The Morgan fingerprint density at radius 3 is 1.53 bits per heavy atom. The van der Waals surface area contributed by atoms with Crippen molar-refractivity contribution in [2.24, 2.45) is 0 Å². The molecule has 0 unspecified atom stereocenters. The van der Waals surface area contributed by atoms with Gasteiger partial charge in [0.25, 0.3) is 16.6 Å². The molecule has 5 aromatic rings. The van der Waals surface area contributed by atoms with E-state index >= 15 is 0 Å². The van der Waals surface area contributed by atoms with Crippen LogP contribution in [0.2, 0.25) is 10.1 Å². The Morgan fingerprint density at radius 1 is 0.706 bits per heavy atom. The molecule has 51 heavy (non-hydrogen) atoms. The van der Waals surface area contributed by atoms with Gasteiger partial charge >= 0.3 is 5.76 Å². The molecule has 6 nitrogen and oxygen atoms in total. The first kappa shape index (κ1) is 36.7. The molecule has 0 amide bonds. The molecule has 1 fully saturated rings. The van der Waals surface area contributed by atoms with Crippen molar-refractivity contribution >= 4 is 43.5 Å². The van der Waals surface area contributed by atoms with Crippen LogP contribution in [0.15, 0.2) is 137 Å². The molecule has 0 aliphatic carbocycles. The normalized spacial score (nSPS) is 18.8. The van der Waals surface area contributed by atoms with E-state index in [4.69, 9.17) is 18.0 Å². The molecule has 1 aliphatic rings. The molecule has 1 N–H and O–H groups in total. The minimum absolute atomic E-state index is 0.188. The van der Waals surface area contributed by atoms with Crippen LogP contribution in [0.4, 0.5) is 0 Å². The summed E-state index contributed by atoms with van der Waals surface area (Å²) < 4.78 is 27.4. The Bertz CT molecular complexity index is 1870. The number of ether oxygens (including phenoxy) is 1. The lowest BCUT2D eigenvalue weighted by atomic mass is 10.1. The van der Waals surface area contributed by atoms with E-state index in [1.165, 1.54) is 20.7 Å². The molecule has 0 saturated carbocycles. The monoisotopic (exact) mass is 717 g/mol. The Hall–Kier alpha value is -4.06. The van der Waals surface area contributed by atoms with Crippen LogP contribution in [0.1, 0.15) is 59.4 Å². The summed E-state index contributed by atoms with van der Waals surface area (Å²) in [6, 6.07) is 42.9. The van der Waals surface area contributed by atoms with Gasteiger partial charge in [0.1, 0.15) is 11.9 Å². The standard InChI is InChI=1S/C43H51NO5Si2/c1-32-38(44-41(45)47-32)29-28-33-30-39(49-51(43(5,6)7,36-24-16-10-17-25-36)37-26-18-11-19-27-37)40(48-33)31-46-50(42(2,3)4,34-20-12-8-13-21-34)35-22-14-9-15-23-35/h8-29,33,39-40H,30-31H2,1-7H3,(H,44,45)/b29-28+/t33-,39+,40-/m1/s1. The van der Waals surface area contributed by atoms with Crippen LogP contribution in [0.5, 0.6) is 0 Å². The van der Waals surface area contributed by atoms with Gasteiger partial charge in [0, 0.05) is 6.42 Å². The number of hydrogen-bond donors (Lipinski definition) is 1. The van der Waals surface area contributed by atoms with Gasteiger partial charge < -0.3 is 18.0 Å². The lowest BCUT2D eigenvalue weighted by molar-refractivity contribution is -0.00175. The average Bonchev–Trinajstić information content (AvgIpc) is 3.66. The second-order valence-corrected chi connectivity index (χ2v) is 24.1. The van der Waals surface area contributed by atoms with E-state index in [-0.39, 0.29) is 28.4 Å². The minimum Gasteiger partial charge on any atom is -0.413 e. The molecule has 6 rings (SSSR count). The third kappa shape index (κ3) is 7.34. The molecule has 2 heterocycles. The molecule has 1 aliphatic heterocycles. The third-order valence-electron chi connectivity index (χ3n) is 10.2. The van der Waals surface area contributed by atoms with Crippen molar-refractivity contribution in [2.75, 3.05) is 6.61 Å². The highest BCUT2D eigenvalue weighted by molar-refractivity contribution is 7.00. The van der Waals surface area contributed by atoms with Crippen LogP contribution < -0.4 is 26.5 Å². The Morgan fingerprint density at radius 2 is 1.14 bits per heavy atom. The Kier molecular flexibility index (Phi) is 10.7. The summed E-state index contributed by atoms with van der Waals surface area (Å²) in [6.45, 7) is 15.9. The average molecular weight is 718 g/mol. The summed E-state index contributed by atoms with van der Waals surface area (Å²) in [5, 5.41) is 4.50. The van der Waals surface area contributed by atoms with Crippen molar-refractivity contribution in [3.63, 3.8) is 0 Å². The number of benzene rings is 4. The zero-order chi connectivity index (χ0) is 36.3. The molecule has 0 radical (unpaired) electrons. The fourth-order valence-electron chi connectivity index (χ4n) is 7.81. The van der Waals surface area contributed by atoms with Crippen molar-refractivity contribution in [3.8, 4) is 0 Å². The van der Waals surface area contributed by atoms with E-state index in [1.54, 1.807) is 6.92 Å². The van der Waals surface area contributed by atoms with Crippen LogP contribution in [-0.2, 0) is 13.6 Å². The number of aromatic amines is 1.